The van der Waals surface area contributed by atoms with Crippen molar-refractivity contribution in [3.05, 3.63) is 13.8 Å². The van der Waals surface area contributed by atoms with Crippen molar-refractivity contribution in [1.82, 2.24) is 4.90 Å². The van der Waals surface area contributed by atoms with Crippen molar-refractivity contribution in [2.45, 2.75) is 0 Å². The molecule has 0 aliphatic carbocycles. The molecule has 0 rings (SSSR count). The summed E-state index contributed by atoms with van der Waals surface area (Å²) in [5.74, 6) is 0. The van der Waals surface area contributed by atoms with Crippen LogP contribution in [-0.4, -0.2) is 25.0 Å². The van der Waals surface area contributed by atoms with E-state index in [1.165, 1.54) is 0 Å². The van der Waals surface area contributed by atoms with E-state index in [0.29, 0.717) is 0 Å². The van der Waals surface area contributed by atoms with Crippen molar-refractivity contribution in [1.29, 1.82) is 0 Å². The minimum Gasteiger partial charge on any atom is -0.365 e. The Labute approximate surface area is 165 Å². The Morgan fingerprint density at radius 2 is 1.10 bits per heavy atom. The molecule has 0 fully saturated rings. The van der Waals surface area contributed by atoms with Crippen molar-refractivity contribution in [3.8, 4) is 0 Å². The molecule has 0 saturated carbocycles. The zero-order valence-electron chi connectivity index (χ0n) is 6.59. The summed E-state index contributed by atoms with van der Waals surface area (Å²) >= 11 is 0. The van der Waals surface area contributed by atoms with Crippen molar-refractivity contribution in [2.75, 3.05) is 20.1 Å². The number of hydrogen-bond donors (Lipinski definition) is 0. The van der Waals surface area contributed by atoms with Gasteiger partial charge in [0.05, 0.1) is 0 Å². The molecule has 0 aromatic heterocycles. The maximum Gasteiger partial charge on any atom is 0 e. The zero-order chi connectivity index (χ0) is 4.99. The van der Waals surface area contributed by atoms with Gasteiger partial charge in [-0.05, 0) is 7.05 Å². The van der Waals surface area contributed by atoms with E-state index >= 15 is 0 Å². The molecule has 0 heterocycles. The van der Waals surface area contributed by atoms with Crippen LogP contribution in [0, 0.1) is 13.8 Å². The molecule has 1 nitrogen and oxygen atoms in total. The quantitative estimate of drug-likeness (QED) is 0.568. The predicted octanol–water partition coefficient (Wildman–Crippen LogP) is 0.576. The van der Waals surface area contributed by atoms with Crippen LogP contribution in [0.4, 0.5) is 0 Å². The fourth-order valence-corrected chi connectivity index (χ4v) is 0.112. The van der Waals surface area contributed by atoms with Crippen molar-refractivity contribution in [2.24, 2.45) is 0 Å². The summed E-state index contributed by atoms with van der Waals surface area (Å²) in [6, 6.07) is 0. The van der Waals surface area contributed by atoms with Gasteiger partial charge in [0.1, 0.15) is 0 Å². The Balaban J connectivity index is -0.0000000208. The van der Waals surface area contributed by atoms with Gasteiger partial charge < -0.3 is 18.7 Å². The Morgan fingerprint density at radius 1 is 0.900 bits per heavy atom. The third kappa shape index (κ3) is 22.8. The predicted molar refractivity (Wildman–Crippen MR) is 28.2 cm³/mol. The fraction of sp³-hybridized carbons (Fsp3) is 0.600. The van der Waals surface area contributed by atoms with E-state index in [2.05, 4.69) is 13.8 Å². The number of hydrogen-bond acceptors (Lipinski definition) is 1. The van der Waals surface area contributed by atoms with Gasteiger partial charge in [0, 0.05) is 131 Å². The summed E-state index contributed by atoms with van der Waals surface area (Å²) in [7, 11) is 1.99. The van der Waals surface area contributed by atoms with Gasteiger partial charge >= 0.3 is 0 Å². The molecule has 0 unspecified atom stereocenters. The smallest absolute Gasteiger partial charge is 0 e. The minimum absolute atomic E-state index is 0. The average Bonchev–Trinajstić information content (AvgIpc) is 1.65. The van der Waals surface area contributed by atoms with Crippen LogP contribution in [0.25, 0.3) is 0 Å². The van der Waals surface area contributed by atoms with Crippen LogP contribution in [0.2, 0.25) is 0 Å². The Hall–Kier alpha value is 4.38. The topological polar surface area (TPSA) is 3.24 Å². The average molecular weight is 441 g/mol. The second-order valence-corrected chi connectivity index (χ2v) is 1.30. The molecule has 0 aromatic rings. The molecule has 10 heavy (non-hydrogen) atoms. The van der Waals surface area contributed by atoms with Gasteiger partial charge in [0.15, 0.2) is 0 Å². The molecule has 0 atom stereocenters. The van der Waals surface area contributed by atoms with Gasteiger partial charge in [-0.25, -0.2) is 0 Å². The largest absolute Gasteiger partial charge is 0.365 e. The van der Waals surface area contributed by atoms with Crippen molar-refractivity contribution < 1.29 is 131 Å². The summed E-state index contributed by atoms with van der Waals surface area (Å²) in [4.78, 5) is 2.03. The number of rotatable bonds is 2. The Bertz CT molecular complexity index is 32.8. The zero-order valence-corrected chi connectivity index (χ0v) is 17.9. The molecule has 0 amide bonds. The molecule has 0 aromatic carbocycles. The summed E-state index contributed by atoms with van der Waals surface area (Å²) in [6.45, 7) is 8.99. The summed E-state index contributed by atoms with van der Waals surface area (Å²) in [5, 5.41) is 0. The van der Waals surface area contributed by atoms with Gasteiger partial charge in [-0.15, -0.1) is 13.1 Å². The normalized spacial score (nSPS) is 6.00. The standard InChI is InChI=1S/C5H11N.4Y/c1-4-6(3)5-2;;;;/h1-2,4-5H2,3H3;;;;/q-2;;;;. The molecule has 0 saturated heterocycles. The van der Waals surface area contributed by atoms with Gasteiger partial charge in [0.2, 0.25) is 0 Å². The molecular weight excluding hydrogens is 430 g/mol. The van der Waals surface area contributed by atoms with Gasteiger partial charge in [-0.3, -0.25) is 0 Å². The van der Waals surface area contributed by atoms with Crippen LogP contribution in [0.1, 0.15) is 0 Å². The molecule has 50 valence electrons. The van der Waals surface area contributed by atoms with Crippen molar-refractivity contribution in [3.63, 3.8) is 0 Å². The molecule has 0 bridgehead atoms. The van der Waals surface area contributed by atoms with E-state index in [4.69, 9.17) is 0 Å². The number of nitrogens with zero attached hydrogens (tertiary/aromatic N) is 1. The third-order valence-electron chi connectivity index (χ3n) is 0.763. The minimum atomic E-state index is 0. The van der Waals surface area contributed by atoms with Crippen LogP contribution in [0.3, 0.4) is 0 Å². The van der Waals surface area contributed by atoms with E-state index < -0.39 is 0 Å². The molecule has 4 radical (unpaired) electrons. The third-order valence-corrected chi connectivity index (χ3v) is 0.763. The van der Waals surface area contributed by atoms with E-state index in [9.17, 15) is 0 Å². The molecule has 0 aliphatic rings. The second-order valence-electron chi connectivity index (χ2n) is 1.30. The van der Waals surface area contributed by atoms with Crippen LogP contribution >= 0.6 is 0 Å². The first kappa shape index (κ1) is 29.3. The van der Waals surface area contributed by atoms with Gasteiger partial charge in [0.25, 0.3) is 0 Å². The first-order valence-electron chi connectivity index (χ1n) is 2.08. The Morgan fingerprint density at radius 3 is 1.10 bits per heavy atom. The van der Waals surface area contributed by atoms with E-state index in [1.54, 1.807) is 0 Å². The molecule has 0 N–H and O–H groups in total. The van der Waals surface area contributed by atoms with Gasteiger partial charge in [-0.2, -0.15) is 0 Å². The van der Waals surface area contributed by atoms with Crippen molar-refractivity contribution >= 4 is 0 Å². The van der Waals surface area contributed by atoms with Crippen LogP contribution in [-0.2, 0) is 131 Å². The monoisotopic (exact) mass is 441 g/mol. The SMILES string of the molecule is [CH2-]CN(C)C[CH2-].[Y].[Y].[Y].[Y]. The molecule has 0 spiro atoms. The maximum atomic E-state index is 3.64. The van der Waals surface area contributed by atoms with Crippen LogP contribution in [0.15, 0.2) is 0 Å². The van der Waals surface area contributed by atoms with E-state index in [1.807, 2.05) is 11.9 Å². The van der Waals surface area contributed by atoms with Crippen LogP contribution in [0.5, 0.6) is 0 Å². The molecular formula is C5H11NY4-2. The van der Waals surface area contributed by atoms with E-state index in [0.717, 1.165) is 13.1 Å². The maximum absolute atomic E-state index is 3.64. The second kappa shape index (κ2) is 23.3. The summed E-state index contributed by atoms with van der Waals surface area (Å²) in [5.41, 5.74) is 0. The Kier molecular flexibility index (Phi) is 68.2. The van der Waals surface area contributed by atoms with Gasteiger partial charge in [-0.1, -0.05) is 0 Å². The summed E-state index contributed by atoms with van der Waals surface area (Å²) in [6.07, 6.45) is 0. The summed E-state index contributed by atoms with van der Waals surface area (Å²) < 4.78 is 0. The molecule has 0 aliphatic heterocycles. The first-order valence-corrected chi connectivity index (χ1v) is 2.08. The van der Waals surface area contributed by atoms with E-state index in [-0.39, 0.29) is 131 Å². The fourth-order valence-electron chi connectivity index (χ4n) is 0.112. The molecule has 5 heteroatoms. The first-order chi connectivity index (χ1) is 2.81. The van der Waals surface area contributed by atoms with Crippen LogP contribution < -0.4 is 0 Å².